The first-order chi connectivity index (χ1) is 9.11. The van der Waals surface area contributed by atoms with Gasteiger partial charge in [-0.2, -0.15) is 0 Å². The lowest BCUT2D eigenvalue weighted by Crippen LogP contribution is -2.17. The average Bonchev–Trinajstić information content (AvgIpc) is 2.42. The predicted molar refractivity (Wildman–Crippen MR) is 74.0 cm³/mol. The van der Waals surface area contributed by atoms with Gasteiger partial charge in [-0.1, -0.05) is 0 Å². The Bertz CT molecular complexity index is 540. The summed E-state index contributed by atoms with van der Waals surface area (Å²) in [6, 6.07) is 9.92. The van der Waals surface area contributed by atoms with Gasteiger partial charge >= 0.3 is 0 Å². The van der Waals surface area contributed by atoms with Crippen molar-refractivity contribution in [2.45, 2.75) is 20.0 Å². The fourth-order valence-electron chi connectivity index (χ4n) is 1.94. The predicted octanol–water partition coefficient (Wildman–Crippen LogP) is 3.43. The molecule has 0 aliphatic carbocycles. The number of rotatable bonds is 4. The van der Waals surface area contributed by atoms with Crippen molar-refractivity contribution in [3.05, 3.63) is 54.0 Å². The fourth-order valence-corrected chi connectivity index (χ4v) is 1.94. The molecule has 1 heterocycles. The molecule has 1 N–H and O–H groups in total. The highest BCUT2D eigenvalue weighted by atomic mass is 19.1. The van der Waals surface area contributed by atoms with E-state index >= 15 is 0 Å². The highest BCUT2D eigenvalue weighted by Gasteiger charge is 2.10. The SMILES string of the molecule is CCN(c1ccc(F)cc1)c1cc([C@@H](C)O)ccn1. The van der Waals surface area contributed by atoms with Crippen LogP contribution in [0, 0.1) is 5.82 Å². The van der Waals surface area contributed by atoms with E-state index in [1.807, 2.05) is 17.9 Å². The van der Waals surface area contributed by atoms with Crippen LogP contribution < -0.4 is 4.90 Å². The van der Waals surface area contributed by atoms with Crippen LogP contribution in [0.25, 0.3) is 0 Å². The molecule has 0 spiro atoms. The Balaban J connectivity index is 2.36. The van der Waals surface area contributed by atoms with E-state index in [9.17, 15) is 9.50 Å². The maximum atomic E-state index is 13.0. The normalized spacial score (nSPS) is 12.2. The summed E-state index contributed by atoms with van der Waals surface area (Å²) in [4.78, 5) is 6.28. The van der Waals surface area contributed by atoms with E-state index in [4.69, 9.17) is 0 Å². The van der Waals surface area contributed by atoms with Gasteiger partial charge < -0.3 is 10.0 Å². The number of aliphatic hydroxyl groups is 1. The van der Waals surface area contributed by atoms with Crippen LogP contribution in [0.15, 0.2) is 42.6 Å². The smallest absolute Gasteiger partial charge is 0.133 e. The summed E-state index contributed by atoms with van der Waals surface area (Å²) in [5.74, 6) is 0.484. The molecule has 0 aliphatic heterocycles. The van der Waals surface area contributed by atoms with Crippen molar-refractivity contribution in [3.8, 4) is 0 Å². The van der Waals surface area contributed by atoms with Gasteiger partial charge in [0.15, 0.2) is 0 Å². The van der Waals surface area contributed by atoms with Crippen LogP contribution >= 0.6 is 0 Å². The van der Waals surface area contributed by atoms with Gasteiger partial charge in [0, 0.05) is 18.4 Å². The molecule has 0 saturated carbocycles. The molecule has 0 bridgehead atoms. The monoisotopic (exact) mass is 260 g/mol. The molecular weight excluding hydrogens is 243 g/mol. The molecule has 0 fully saturated rings. The van der Waals surface area contributed by atoms with Crippen molar-refractivity contribution in [3.63, 3.8) is 0 Å². The zero-order chi connectivity index (χ0) is 13.8. The van der Waals surface area contributed by atoms with Crippen LogP contribution in [0.4, 0.5) is 15.9 Å². The molecule has 1 aromatic heterocycles. The largest absolute Gasteiger partial charge is 0.389 e. The lowest BCUT2D eigenvalue weighted by atomic mass is 10.1. The van der Waals surface area contributed by atoms with Crippen LogP contribution in [-0.4, -0.2) is 16.6 Å². The third-order valence-electron chi connectivity index (χ3n) is 2.98. The van der Waals surface area contributed by atoms with Crippen molar-refractivity contribution in [2.24, 2.45) is 0 Å². The second kappa shape index (κ2) is 5.80. The molecule has 3 nitrogen and oxygen atoms in total. The van der Waals surface area contributed by atoms with E-state index < -0.39 is 6.10 Å². The third-order valence-corrected chi connectivity index (χ3v) is 2.98. The second-order valence-corrected chi connectivity index (χ2v) is 4.34. The van der Waals surface area contributed by atoms with Gasteiger partial charge in [0.25, 0.3) is 0 Å². The van der Waals surface area contributed by atoms with Crippen LogP contribution in [0.5, 0.6) is 0 Å². The first-order valence-corrected chi connectivity index (χ1v) is 6.29. The minimum atomic E-state index is -0.534. The number of aliphatic hydroxyl groups excluding tert-OH is 1. The maximum absolute atomic E-state index is 13.0. The zero-order valence-electron chi connectivity index (χ0n) is 11.0. The van der Waals surface area contributed by atoms with Crippen molar-refractivity contribution >= 4 is 11.5 Å². The van der Waals surface area contributed by atoms with Gasteiger partial charge in [0.2, 0.25) is 0 Å². The molecule has 0 saturated heterocycles. The molecule has 2 rings (SSSR count). The van der Waals surface area contributed by atoms with Crippen LogP contribution in [-0.2, 0) is 0 Å². The van der Waals surface area contributed by atoms with Gasteiger partial charge in [0.05, 0.1) is 6.10 Å². The molecule has 0 aliphatic rings. The van der Waals surface area contributed by atoms with E-state index in [-0.39, 0.29) is 5.82 Å². The Labute approximate surface area is 112 Å². The summed E-state index contributed by atoms with van der Waals surface area (Å²) in [7, 11) is 0. The Morgan fingerprint density at radius 2 is 1.95 bits per heavy atom. The summed E-state index contributed by atoms with van der Waals surface area (Å²) >= 11 is 0. The van der Waals surface area contributed by atoms with E-state index in [0.29, 0.717) is 6.54 Å². The van der Waals surface area contributed by atoms with Crippen LogP contribution in [0.2, 0.25) is 0 Å². The Hall–Kier alpha value is -1.94. The van der Waals surface area contributed by atoms with Crippen molar-refractivity contribution in [1.82, 2.24) is 4.98 Å². The topological polar surface area (TPSA) is 36.4 Å². The molecule has 0 unspecified atom stereocenters. The molecule has 100 valence electrons. The van der Waals surface area contributed by atoms with Crippen molar-refractivity contribution < 1.29 is 9.50 Å². The summed E-state index contributed by atoms with van der Waals surface area (Å²) in [6.45, 7) is 4.43. The van der Waals surface area contributed by atoms with Crippen molar-refractivity contribution in [2.75, 3.05) is 11.4 Å². The lowest BCUT2D eigenvalue weighted by molar-refractivity contribution is 0.199. The molecule has 0 radical (unpaired) electrons. The minimum Gasteiger partial charge on any atom is -0.389 e. The van der Waals surface area contributed by atoms with E-state index in [2.05, 4.69) is 4.98 Å². The zero-order valence-corrected chi connectivity index (χ0v) is 11.0. The molecule has 1 atom stereocenters. The molecule has 0 amide bonds. The maximum Gasteiger partial charge on any atom is 0.133 e. The van der Waals surface area contributed by atoms with Gasteiger partial charge in [-0.3, -0.25) is 0 Å². The van der Waals surface area contributed by atoms with Gasteiger partial charge in [-0.05, 0) is 55.8 Å². The van der Waals surface area contributed by atoms with Crippen molar-refractivity contribution in [1.29, 1.82) is 0 Å². The number of benzene rings is 1. The minimum absolute atomic E-state index is 0.259. The number of aromatic nitrogens is 1. The van der Waals surface area contributed by atoms with E-state index in [1.54, 1.807) is 31.3 Å². The molecule has 2 aromatic rings. The number of halogens is 1. The number of hydrogen-bond acceptors (Lipinski definition) is 3. The summed E-state index contributed by atoms with van der Waals surface area (Å²) in [5.41, 5.74) is 1.68. The van der Waals surface area contributed by atoms with Crippen LogP contribution in [0.3, 0.4) is 0 Å². The Morgan fingerprint density at radius 1 is 1.26 bits per heavy atom. The lowest BCUT2D eigenvalue weighted by Gasteiger charge is -2.22. The van der Waals surface area contributed by atoms with Gasteiger partial charge in [0.1, 0.15) is 11.6 Å². The van der Waals surface area contributed by atoms with E-state index in [0.717, 1.165) is 17.1 Å². The number of nitrogens with zero attached hydrogens (tertiary/aromatic N) is 2. The Kier molecular flexibility index (Phi) is 4.12. The Morgan fingerprint density at radius 3 is 2.53 bits per heavy atom. The van der Waals surface area contributed by atoms with Crippen LogP contribution in [0.1, 0.15) is 25.5 Å². The summed E-state index contributed by atoms with van der Waals surface area (Å²) < 4.78 is 13.0. The molecule has 4 heteroatoms. The quantitative estimate of drug-likeness (QED) is 0.915. The molecule has 19 heavy (non-hydrogen) atoms. The first-order valence-electron chi connectivity index (χ1n) is 6.29. The molecular formula is C15H17FN2O. The third kappa shape index (κ3) is 3.09. The standard InChI is InChI=1S/C15H17FN2O/c1-3-18(14-6-4-13(16)5-7-14)15-10-12(11(2)19)8-9-17-15/h4-11,19H,3H2,1-2H3/t11-/m1/s1. The van der Waals surface area contributed by atoms with Gasteiger partial charge in [-0.25, -0.2) is 9.37 Å². The average molecular weight is 260 g/mol. The van der Waals surface area contributed by atoms with Gasteiger partial charge in [-0.15, -0.1) is 0 Å². The number of pyridine rings is 1. The highest BCUT2D eigenvalue weighted by molar-refractivity contribution is 5.60. The first kappa shape index (κ1) is 13.5. The second-order valence-electron chi connectivity index (χ2n) is 4.34. The highest BCUT2D eigenvalue weighted by Crippen LogP contribution is 2.25. The number of anilines is 2. The number of hydrogen-bond donors (Lipinski definition) is 1. The fraction of sp³-hybridized carbons (Fsp3) is 0.267. The van der Waals surface area contributed by atoms with E-state index in [1.165, 1.54) is 12.1 Å². The summed E-state index contributed by atoms with van der Waals surface area (Å²) in [6.07, 6.45) is 1.14. The molecule has 1 aromatic carbocycles. The summed E-state index contributed by atoms with van der Waals surface area (Å²) in [5, 5.41) is 9.61.